The van der Waals surface area contributed by atoms with Crippen LogP contribution in [0.5, 0.6) is 0 Å². The van der Waals surface area contributed by atoms with Gasteiger partial charge in [-0.2, -0.15) is 0 Å². The molecular weight excluding hydrogens is 251 g/mol. The van der Waals surface area contributed by atoms with Crippen molar-refractivity contribution >= 4 is 11.6 Å². The quantitative estimate of drug-likeness (QED) is 0.672. The van der Waals surface area contributed by atoms with Crippen molar-refractivity contribution in [3.05, 3.63) is 63.6 Å². The number of nitro groups is 1. The highest BCUT2D eigenvalue weighted by molar-refractivity contribution is 5.99. The van der Waals surface area contributed by atoms with Crippen LogP contribution in [-0.2, 0) is 0 Å². The molecule has 1 aromatic carbocycles. The molecule has 1 amide bonds. The maximum Gasteiger partial charge on any atom is 0.285 e. The molecule has 2 rings (SSSR count). The van der Waals surface area contributed by atoms with E-state index in [9.17, 15) is 19.3 Å². The minimum absolute atomic E-state index is 0.522. The summed E-state index contributed by atoms with van der Waals surface area (Å²) in [6.45, 7) is 0. The van der Waals surface area contributed by atoms with Crippen molar-refractivity contribution in [3.63, 3.8) is 0 Å². The summed E-state index contributed by atoms with van der Waals surface area (Å²) in [5.41, 5.74) is -0.570. The van der Waals surface area contributed by atoms with Crippen LogP contribution in [0.15, 0.2) is 42.1 Å². The zero-order chi connectivity index (χ0) is 13.8. The van der Waals surface area contributed by atoms with Crippen LogP contribution in [0.25, 0.3) is 0 Å². The van der Waals surface area contributed by atoms with Crippen LogP contribution >= 0.6 is 0 Å². The lowest BCUT2D eigenvalue weighted by atomic mass is 10.1. The summed E-state index contributed by atoms with van der Waals surface area (Å²) in [6.07, 6.45) is 6.98. The van der Waals surface area contributed by atoms with E-state index in [1.165, 1.54) is 6.07 Å². The van der Waals surface area contributed by atoms with Gasteiger partial charge in [0.1, 0.15) is 5.82 Å². The van der Waals surface area contributed by atoms with E-state index in [0.29, 0.717) is 5.70 Å². The molecule has 1 N–H and O–H groups in total. The molecule has 0 aromatic heterocycles. The zero-order valence-electron chi connectivity index (χ0n) is 9.93. The molecule has 1 aliphatic rings. The molecule has 5 nitrogen and oxygen atoms in total. The summed E-state index contributed by atoms with van der Waals surface area (Å²) in [4.78, 5) is 22.0. The number of nitrogens with one attached hydrogen (secondary N) is 1. The predicted molar refractivity (Wildman–Crippen MR) is 67.0 cm³/mol. The van der Waals surface area contributed by atoms with Crippen LogP contribution < -0.4 is 5.32 Å². The molecule has 19 heavy (non-hydrogen) atoms. The molecule has 0 saturated heterocycles. The van der Waals surface area contributed by atoms with Crippen molar-refractivity contribution < 1.29 is 14.1 Å². The van der Waals surface area contributed by atoms with Crippen molar-refractivity contribution in [2.75, 3.05) is 0 Å². The van der Waals surface area contributed by atoms with Gasteiger partial charge in [-0.05, 0) is 25.0 Å². The maximum absolute atomic E-state index is 13.6. The number of carbonyl (C=O) groups is 1. The second kappa shape index (κ2) is 5.43. The van der Waals surface area contributed by atoms with Crippen molar-refractivity contribution in [1.29, 1.82) is 0 Å². The van der Waals surface area contributed by atoms with Gasteiger partial charge in [0.15, 0.2) is 5.56 Å². The highest BCUT2D eigenvalue weighted by atomic mass is 19.1. The molecule has 0 atom stereocenters. The molecule has 0 aliphatic heterocycles. The number of benzene rings is 1. The Labute approximate surface area is 108 Å². The van der Waals surface area contributed by atoms with Gasteiger partial charge in [0.2, 0.25) is 0 Å². The molecule has 1 aliphatic carbocycles. The second-order valence-electron chi connectivity index (χ2n) is 3.98. The van der Waals surface area contributed by atoms with E-state index in [4.69, 9.17) is 0 Å². The smallest absolute Gasteiger partial charge is 0.285 e. The van der Waals surface area contributed by atoms with Crippen LogP contribution in [0.2, 0.25) is 0 Å². The normalized spacial score (nSPS) is 13.8. The third-order valence-corrected chi connectivity index (χ3v) is 2.67. The fourth-order valence-electron chi connectivity index (χ4n) is 1.79. The van der Waals surface area contributed by atoms with Crippen LogP contribution in [0.1, 0.15) is 23.2 Å². The molecule has 0 saturated carbocycles. The van der Waals surface area contributed by atoms with Gasteiger partial charge in [-0.3, -0.25) is 14.9 Å². The molecule has 98 valence electrons. The van der Waals surface area contributed by atoms with E-state index in [1.807, 2.05) is 6.08 Å². The minimum atomic E-state index is -0.910. The first-order valence-electron chi connectivity index (χ1n) is 5.70. The summed E-state index contributed by atoms with van der Waals surface area (Å²) in [5.74, 6) is -1.73. The van der Waals surface area contributed by atoms with Crippen molar-refractivity contribution in [2.45, 2.75) is 12.8 Å². The van der Waals surface area contributed by atoms with E-state index in [1.54, 1.807) is 12.2 Å². The Morgan fingerprint density at radius 1 is 1.37 bits per heavy atom. The SMILES string of the molecule is O=C(NC1=CCCC=C1)c1c(F)cccc1[N+](=O)[O-]. The van der Waals surface area contributed by atoms with E-state index < -0.39 is 27.9 Å². The summed E-state index contributed by atoms with van der Waals surface area (Å²) in [7, 11) is 0. The van der Waals surface area contributed by atoms with Gasteiger partial charge in [0.05, 0.1) is 4.92 Å². The van der Waals surface area contributed by atoms with Crippen molar-refractivity contribution in [2.24, 2.45) is 0 Å². The second-order valence-corrected chi connectivity index (χ2v) is 3.98. The fourth-order valence-corrected chi connectivity index (χ4v) is 1.79. The average molecular weight is 262 g/mol. The molecule has 0 unspecified atom stereocenters. The Morgan fingerprint density at radius 3 is 2.79 bits per heavy atom. The highest BCUT2D eigenvalue weighted by Gasteiger charge is 2.24. The van der Waals surface area contributed by atoms with Gasteiger partial charge in [-0.15, -0.1) is 0 Å². The number of carbonyl (C=O) groups excluding carboxylic acids is 1. The first-order valence-corrected chi connectivity index (χ1v) is 5.70. The van der Waals surface area contributed by atoms with E-state index >= 15 is 0 Å². The highest BCUT2D eigenvalue weighted by Crippen LogP contribution is 2.21. The van der Waals surface area contributed by atoms with Gasteiger partial charge in [0, 0.05) is 11.8 Å². The number of halogens is 1. The molecule has 0 heterocycles. The number of nitrogens with zero attached hydrogens (tertiary/aromatic N) is 1. The number of rotatable bonds is 3. The molecule has 0 radical (unpaired) electrons. The van der Waals surface area contributed by atoms with E-state index in [-0.39, 0.29) is 0 Å². The largest absolute Gasteiger partial charge is 0.322 e. The number of allylic oxidation sites excluding steroid dienone is 3. The number of hydrogen-bond acceptors (Lipinski definition) is 3. The fraction of sp³-hybridized carbons (Fsp3) is 0.154. The molecule has 0 bridgehead atoms. The third kappa shape index (κ3) is 2.85. The Kier molecular flexibility index (Phi) is 3.70. The van der Waals surface area contributed by atoms with Crippen LogP contribution in [0, 0.1) is 15.9 Å². The van der Waals surface area contributed by atoms with Gasteiger partial charge >= 0.3 is 0 Å². The van der Waals surface area contributed by atoms with Crippen LogP contribution in [-0.4, -0.2) is 10.8 Å². The van der Waals surface area contributed by atoms with Crippen molar-refractivity contribution in [1.82, 2.24) is 5.32 Å². The van der Waals surface area contributed by atoms with Gasteiger partial charge < -0.3 is 5.32 Å². The number of hydrogen-bond donors (Lipinski definition) is 1. The van der Waals surface area contributed by atoms with Crippen LogP contribution in [0.3, 0.4) is 0 Å². The van der Waals surface area contributed by atoms with E-state index in [0.717, 1.165) is 25.0 Å². The summed E-state index contributed by atoms with van der Waals surface area (Å²) >= 11 is 0. The van der Waals surface area contributed by atoms with E-state index in [2.05, 4.69) is 5.32 Å². The van der Waals surface area contributed by atoms with Gasteiger partial charge in [-0.1, -0.05) is 18.2 Å². The van der Waals surface area contributed by atoms with Gasteiger partial charge in [0.25, 0.3) is 11.6 Å². The first-order chi connectivity index (χ1) is 9.09. The molecule has 1 aromatic rings. The molecular formula is C13H11FN2O3. The monoisotopic (exact) mass is 262 g/mol. The van der Waals surface area contributed by atoms with Crippen LogP contribution in [0.4, 0.5) is 10.1 Å². The van der Waals surface area contributed by atoms with Crippen molar-refractivity contribution in [3.8, 4) is 0 Å². The zero-order valence-corrected chi connectivity index (χ0v) is 9.93. The lowest BCUT2D eigenvalue weighted by molar-refractivity contribution is -0.385. The lowest BCUT2D eigenvalue weighted by Gasteiger charge is -2.09. The summed E-state index contributed by atoms with van der Waals surface area (Å²) in [5, 5.41) is 13.3. The molecule has 0 spiro atoms. The maximum atomic E-state index is 13.6. The Hall–Kier alpha value is -2.50. The molecule has 0 fully saturated rings. The standard InChI is InChI=1S/C13H11FN2O3/c14-10-7-4-8-11(16(18)19)12(10)13(17)15-9-5-2-1-3-6-9/h2,4-8H,1,3H2,(H,15,17). The molecule has 6 heteroatoms. The topological polar surface area (TPSA) is 72.2 Å². The summed E-state index contributed by atoms with van der Waals surface area (Å²) in [6, 6.07) is 3.32. The minimum Gasteiger partial charge on any atom is -0.322 e. The van der Waals surface area contributed by atoms with Gasteiger partial charge in [-0.25, -0.2) is 4.39 Å². The third-order valence-electron chi connectivity index (χ3n) is 2.67. The average Bonchev–Trinajstić information content (AvgIpc) is 2.39. The first kappa shape index (κ1) is 12.9. The predicted octanol–water partition coefficient (Wildman–Crippen LogP) is 2.70. The summed E-state index contributed by atoms with van der Waals surface area (Å²) < 4.78 is 13.6. The Morgan fingerprint density at radius 2 is 2.16 bits per heavy atom. The lowest BCUT2D eigenvalue weighted by Crippen LogP contribution is -2.24. The Balaban J connectivity index is 2.31. The Bertz CT molecular complexity index is 594. The number of amides is 1. The number of nitro benzene ring substituents is 1.